The Balaban J connectivity index is 1.48. The van der Waals surface area contributed by atoms with Crippen molar-refractivity contribution in [1.29, 1.82) is 0 Å². The maximum atomic E-state index is 12.6. The molecule has 2 N–H and O–H groups in total. The topological polar surface area (TPSA) is 72.2 Å². The molecule has 0 aliphatic carbocycles. The Kier molecular flexibility index (Phi) is 5.18. The maximum absolute atomic E-state index is 12.6. The van der Waals surface area contributed by atoms with Crippen LogP contribution < -0.4 is 15.4 Å². The summed E-state index contributed by atoms with van der Waals surface area (Å²) < 4.78 is 47.9. The third kappa shape index (κ3) is 4.29. The summed E-state index contributed by atoms with van der Waals surface area (Å²) in [5, 5.41) is 6.80. The quantitative estimate of drug-likeness (QED) is 0.428. The molecule has 30 heavy (non-hydrogen) atoms. The van der Waals surface area contributed by atoms with Crippen LogP contribution in [0, 0.1) is 0 Å². The number of methoxy groups -OCH3 is 1. The van der Waals surface area contributed by atoms with Gasteiger partial charge in [-0.05, 0) is 36.4 Å². The predicted molar refractivity (Wildman–Crippen MR) is 107 cm³/mol. The Bertz CT molecular complexity index is 1170. The van der Waals surface area contributed by atoms with Gasteiger partial charge in [-0.2, -0.15) is 13.2 Å². The molecule has 0 amide bonds. The van der Waals surface area contributed by atoms with E-state index in [2.05, 4.69) is 20.6 Å². The van der Waals surface area contributed by atoms with Gasteiger partial charge in [0.1, 0.15) is 11.6 Å². The van der Waals surface area contributed by atoms with Crippen molar-refractivity contribution in [2.45, 2.75) is 12.7 Å². The second-order valence-electron chi connectivity index (χ2n) is 6.42. The highest BCUT2D eigenvalue weighted by Gasteiger charge is 2.35. The van der Waals surface area contributed by atoms with Crippen molar-refractivity contribution in [2.75, 3.05) is 17.7 Å². The third-order valence-corrected chi connectivity index (χ3v) is 4.38. The molecule has 2 heterocycles. The van der Waals surface area contributed by atoms with E-state index in [1.165, 1.54) is 0 Å². The van der Waals surface area contributed by atoms with E-state index in [0.717, 1.165) is 22.2 Å². The molecule has 0 aliphatic rings. The first-order chi connectivity index (χ1) is 14.4. The molecule has 9 heteroatoms. The molecule has 0 spiro atoms. The van der Waals surface area contributed by atoms with Crippen LogP contribution in [-0.2, 0) is 12.7 Å². The minimum atomic E-state index is -4.58. The van der Waals surface area contributed by atoms with Gasteiger partial charge in [-0.1, -0.05) is 18.2 Å². The van der Waals surface area contributed by atoms with Gasteiger partial charge in [0.05, 0.1) is 18.8 Å². The minimum Gasteiger partial charge on any atom is -0.496 e. The highest BCUT2D eigenvalue weighted by atomic mass is 19.4. The van der Waals surface area contributed by atoms with E-state index in [9.17, 15) is 13.2 Å². The Morgan fingerprint density at radius 3 is 2.67 bits per heavy atom. The number of ether oxygens (including phenoxy) is 1. The molecule has 0 unspecified atom stereocenters. The van der Waals surface area contributed by atoms with Gasteiger partial charge < -0.3 is 19.8 Å². The summed E-state index contributed by atoms with van der Waals surface area (Å²) in [6.07, 6.45) is -3.93. The summed E-state index contributed by atoms with van der Waals surface area (Å²) >= 11 is 0. The average Bonchev–Trinajstić information content (AvgIpc) is 3.21. The monoisotopic (exact) mass is 414 g/mol. The number of alkyl halides is 3. The number of nitrogens with one attached hydrogen (secondary N) is 2. The van der Waals surface area contributed by atoms with E-state index in [0.29, 0.717) is 24.2 Å². The van der Waals surface area contributed by atoms with Crippen LogP contribution in [0.3, 0.4) is 0 Å². The zero-order valence-corrected chi connectivity index (χ0v) is 15.8. The number of halogens is 3. The number of anilines is 3. The molecule has 0 bridgehead atoms. The molecule has 0 aliphatic heterocycles. The van der Waals surface area contributed by atoms with E-state index >= 15 is 0 Å². The zero-order chi connectivity index (χ0) is 21.1. The second-order valence-corrected chi connectivity index (χ2v) is 6.42. The molecule has 154 valence electrons. The predicted octanol–water partition coefficient (Wildman–Crippen LogP) is 5.61. The average molecular weight is 414 g/mol. The number of pyridine rings is 1. The van der Waals surface area contributed by atoms with E-state index in [1.807, 2.05) is 36.4 Å². The smallest absolute Gasteiger partial charge is 0.451 e. The number of benzene rings is 2. The van der Waals surface area contributed by atoms with Gasteiger partial charge >= 0.3 is 6.18 Å². The van der Waals surface area contributed by atoms with Gasteiger partial charge in [-0.25, -0.2) is 9.97 Å². The summed E-state index contributed by atoms with van der Waals surface area (Å²) in [6.45, 7) is 0.549. The summed E-state index contributed by atoms with van der Waals surface area (Å²) in [6, 6.07) is 16.4. The van der Waals surface area contributed by atoms with Gasteiger partial charge in [0.25, 0.3) is 6.01 Å². The molecule has 0 fully saturated rings. The number of hydrogen-bond donors (Lipinski definition) is 2. The van der Waals surface area contributed by atoms with E-state index in [-0.39, 0.29) is 6.01 Å². The molecular formula is C21H17F3N4O2. The fraction of sp³-hybridized carbons (Fsp3) is 0.143. The summed E-state index contributed by atoms with van der Waals surface area (Å²) in [5.41, 5.74) is 2.27. The molecule has 0 radical (unpaired) electrons. The summed E-state index contributed by atoms with van der Waals surface area (Å²) in [5.74, 6) is 0.330. The fourth-order valence-corrected chi connectivity index (χ4v) is 2.92. The van der Waals surface area contributed by atoms with Crippen molar-refractivity contribution >= 4 is 28.4 Å². The van der Waals surface area contributed by atoms with Crippen molar-refractivity contribution in [3.63, 3.8) is 0 Å². The molecule has 4 rings (SSSR count). The van der Waals surface area contributed by atoms with Crippen molar-refractivity contribution < 1.29 is 22.3 Å². The van der Waals surface area contributed by atoms with E-state index in [4.69, 9.17) is 9.15 Å². The molecule has 4 aromatic rings. The minimum absolute atomic E-state index is 0.232. The lowest BCUT2D eigenvalue weighted by Gasteiger charge is -2.11. The lowest BCUT2D eigenvalue weighted by atomic mass is 10.2. The molecular weight excluding hydrogens is 397 g/mol. The third-order valence-electron chi connectivity index (χ3n) is 4.38. The van der Waals surface area contributed by atoms with E-state index < -0.39 is 11.9 Å². The number of nitrogens with zero attached hydrogens (tertiary/aromatic N) is 2. The van der Waals surface area contributed by atoms with Gasteiger partial charge in [-0.3, -0.25) is 0 Å². The van der Waals surface area contributed by atoms with Crippen LogP contribution in [-0.4, -0.2) is 17.1 Å². The maximum Gasteiger partial charge on any atom is 0.451 e. The zero-order valence-electron chi connectivity index (χ0n) is 15.8. The van der Waals surface area contributed by atoms with Gasteiger partial charge in [0.2, 0.25) is 5.76 Å². The first-order valence-electron chi connectivity index (χ1n) is 8.99. The van der Waals surface area contributed by atoms with Gasteiger partial charge in [0.15, 0.2) is 0 Å². The molecule has 2 aromatic heterocycles. The lowest BCUT2D eigenvalue weighted by Crippen LogP contribution is -2.03. The standard InChI is InChI=1S/C21H17F3N4O2/c1-29-17-5-3-2-4-14(17)11-25-19-9-6-13-10-15(7-8-16(13)28-19)27-20-26-12-18(30-20)21(22,23)24/h2-10,12H,11H2,1H3,(H,25,28)(H,26,27). The van der Waals surface area contributed by atoms with Crippen molar-refractivity contribution in [3.05, 3.63) is 72.1 Å². The number of hydrogen-bond acceptors (Lipinski definition) is 6. The molecule has 0 saturated heterocycles. The first kappa shape index (κ1) is 19.6. The first-order valence-corrected chi connectivity index (χ1v) is 8.99. The Labute approximate surface area is 169 Å². The van der Waals surface area contributed by atoms with Crippen LogP contribution in [0.2, 0.25) is 0 Å². The molecule has 2 aromatic carbocycles. The number of fused-ring (bicyclic) bond motifs is 1. The number of oxazole rings is 1. The van der Waals surface area contributed by atoms with Crippen LogP contribution in [0.25, 0.3) is 10.9 Å². The van der Waals surface area contributed by atoms with Crippen molar-refractivity contribution in [1.82, 2.24) is 9.97 Å². The summed E-state index contributed by atoms with van der Waals surface area (Å²) in [4.78, 5) is 8.17. The highest BCUT2D eigenvalue weighted by molar-refractivity contribution is 5.84. The Morgan fingerprint density at radius 2 is 1.90 bits per heavy atom. The molecule has 0 saturated carbocycles. The van der Waals surface area contributed by atoms with Crippen LogP contribution in [0.1, 0.15) is 11.3 Å². The fourth-order valence-electron chi connectivity index (χ4n) is 2.92. The Morgan fingerprint density at radius 1 is 1.07 bits per heavy atom. The number of rotatable bonds is 6. The van der Waals surface area contributed by atoms with Crippen LogP contribution in [0.4, 0.5) is 30.7 Å². The largest absolute Gasteiger partial charge is 0.496 e. The molecule has 0 atom stereocenters. The second kappa shape index (κ2) is 7.94. The van der Waals surface area contributed by atoms with Crippen LogP contribution in [0.5, 0.6) is 5.75 Å². The van der Waals surface area contributed by atoms with Gasteiger partial charge in [0, 0.05) is 23.2 Å². The van der Waals surface area contributed by atoms with Crippen LogP contribution in [0.15, 0.2) is 65.2 Å². The summed E-state index contributed by atoms with van der Waals surface area (Å²) in [7, 11) is 1.63. The van der Waals surface area contributed by atoms with Crippen LogP contribution >= 0.6 is 0 Å². The lowest BCUT2D eigenvalue weighted by molar-refractivity contribution is -0.152. The van der Waals surface area contributed by atoms with Crippen molar-refractivity contribution in [2.24, 2.45) is 0 Å². The van der Waals surface area contributed by atoms with Gasteiger partial charge in [-0.15, -0.1) is 0 Å². The highest BCUT2D eigenvalue weighted by Crippen LogP contribution is 2.31. The number of para-hydroxylation sites is 1. The normalized spacial score (nSPS) is 11.5. The number of aromatic nitrogens is 2. The van der Waals surface area contributed by atoms with Crippen molar-refractivity contribution in [3.8, 4) is 5.75 Å². The Hall–Kier alpha value is -3.75. The SMILES string of the molecule is COc1ccccc1CNc1ccc2cc(Nc3ncc(C(F)(F)F)o3)ccc2n1. The van der Waals surface area contributed by atoms with E-state index in [1.54, 1.807) is 25.3 Å². The molecule has 6 nitrogen and oxygen atoms in total.